The van der Waals surface area contributed by atoms with Gasteiger partial charge in [-0.1, -0.05) is 19.1 Å². The summed E-state index contributed by atoms with van der Waals surface area (Å²) in [7, 11) is 1.70. The van der Waals surface area contributed by atoms with Gasteiger partial charge >= 0.3 is 0 Å². The fraction of sp³-hybridized carbons (Fsp3) is 0.625. The summed E-state index contributed by atoms with van der Waals surface area (Å²) in [5, 5.41) is 0.739. The number of ether oxygens (including phenoxy) is 1. The maximum Gasteiger partial charge on any atom is 0.118 e. The summed E-state index contributed by atoms with van der Waals surface area (Å²) in [6, 6.07) is 8.78. The minimum Gasteiger partial charge on any atom is -0.497 e. The first-order valence-corrected chi connectivity index (χ1v) is 8.45. The molecule has 4 heteroatoms. The molecule has 2 N–H and O–H groups in total. The van der Waals surface area contributed by atoms with Gasteiger partial charge in [0.25, 0.3) is 0 Å². The lowest BCUT2D eigenvalue weighted by Crippen LogP contribution is -2.46. The number of thioether (sulfide) groups is 1. The molecule has 1 aliphatic rings. The van der Waals surface area contributed by atoms with Crippen molar-refractivity contribution in [1.82, 2.24) is 4.90 Å². The van der Waals surface area contributed by atoms with Crippen molar-refractivity contribution in [2.45, 2.75) is 37.6 Å². The van der Waals surface area contributed by atoms with E-state index in [2.05, 4.69) is 42.6 Å². The van der Waals surface area contributed by atoms with Gasteiger partial charge in [-0.05, 0) is 31.0 Å². The third kappa shape index (κ3) is 3.68. The number of nitrogens with two attached hydrogens (primary N) is 1. The molecule has 112 valence electrons. The van der Waals surface area contributed by atoms with Crippen LogP contribution in [0.25, 0.3) is 0 Å². The van der Waals surface area contributed by atoms with Crippen molar-refractivity contribution in [1.29, 1.82) is 0 Å². The Kier molecular flexibility index (Phi) is 5.75. The van der Waals surface area contributed by atoms with E-state index in [1.165, 1.54) is 17.7 Å². The molecule has 3 nitrogen and oxygen atoms in total. The average molecular weight is 294 g/mol. The predicted octanol–water partition coefficient (Wildman–Crippen LogP) is 2.91. The van der Waals surface area contributed by atoms with Gasteiger partial charge in [0.05, 0.1) is 7.11 Å². The Balaban J connectivity index is 2.17. The first-order chi connectivity index (χ1) is 9.65. The van der Waals surface area contributed by atoms with E-state index < -0.39 is 0 Å². The van der Waals surface area contributed by atoms with Crippen LogP contribution in [0.3, 0.4) is 0 Å². The monoisotopic (exact) mass is 294 g/mol. The third-order valence-corrected chi connectivity index (χ3v) is 5.35. The smallest absolute Gasteiger partial charge is 0.118 e. The summed E-state index contributed by atoms with van der Waals surface area (Å²) in [6.07, 6.45) is 1.23. The van der Waals surface area contributed by atoms with Crippen LogP contribution in [0.15, 0.2) is 24.3 Å². The van der Waals surface area contributed by atoms with Crippen LogP contribution in [0, 0.1) is 0 Å². The van der Waals surface area contributed by atoms with Crippen molar-refractivity contribution in [3.8, 4) is 5.75 Å². The molecule has 3 atom stereocenters. The molecule has 0 aliphatic carbocycles. The summed E-state index contributed by atoms with van der Waals surface area (Å²) < 4.78 is 5.24. The molecule has 0 spiro atoms. The second kappa shape index (κ2) is 7.34. The van der Waals surface area contributed by atoms with Gasteiger partial charge in [0.2, 0.25) is 0 Å². The second-order valence-electron chi connectivity index (χ2n) is 5.47. The Bertz CT molecular complexity index is 407. The first-order valence-electron chi connectivity index (χ1n) is 7.41. The van der Waals surface area contributed by atoms with Crippen LogP contribution in [0.4, 0.5) is 0 Å². The van der Waals surface area contributed by atoms with Crippen molar-refractivity contribution in [3.05, 3.63) is 29.8 Å². The summed E-state index contributed by atoms with van der Waals surface area (Å²) in [5.74, 6) is 2.11. The molecule has 0 aromatic heterocycles. The Labute approximate surface area is 126 Å². The zero-order chi connectivity index (χ0) is 14.5. The van der Waals surface area contributed by atoms with Gasteiger partial charge in [-0.2, -0.15) is 11.8 Å². The molecule has 20 heavy (non-hydrogen) atoms. The topological polar surface area (TPSA) is 38.5 Å². The Hall–Kier alpha value is -0.710. The van der Waals surface area contributed by atoms with Crippen molar-refractivity contribution >= 4 is 11.8 Å². The SMILES string of the molecule is CCC1CN(C(c2ccc(OC)cc2)C(C)N)CCS1. The quantitative estimate of drug-likeness (QED) is 0.906. The lowest BCUT2D eigenvalue weighted by Gasteiger charge is -2.39. The Morgan fingerprint density at radius 2 is 2.10 bits per heavy atom. The Morgan fingerprint density at radius 1 is 1.40 bits per heavy atom. The molecule has 0 bridgehead atoms. The summed E-state index contributed by atoms with van der Waals surface area (Å²) in [4.78, 5) is 2.55. The normalized spacial score (nSPS) is 23.3. The number of methoxy groups -OCH3 is 1. The van der Waals surface area contributed by atoms with E-state index in [4.69, 9.17) is 10.5 Å². The standard InChI is InChI=1S/C16H26N2OS/c1-4-15-11-18(9-10-20-15)16(12(2)17)13-5-7-14(19-3)8-6-13/h5-8,12,15-16H,4,9-11,17H2,1-3H3. The minimum absolute atomic E-state index is 0.129. The number of hydrogen-bond donors (Lipinski definition) is 1. The van der Waals surface area contributed by atoms with Gasteiger partial charge in [-0.25, -0.2) is 0 Å². The van der Waals surface area contributed by atoms with E-state index in [1.54, 1.807) is 7.11 Å². The van der Waals surface area contributed by atoms with Crippen LogP contribution in [0.2, 0.25) is 0 Å². The summed E-state index contributed by atoms with van der Waals surface area (Å²) >= 11 is 2.09. The van der Waals surface area contributed by atoms with Gasteiger partial charge in [0, 0.05) is 36.2 Å². The highest BCUT2D eigenvalue weighted by Gasteiger charge is 2.28. The highest BCUT2D eigenvalue weighted by molar-refractivity contribution is 8.00. The largest absolute Gasteiger partial charge is 0.497 e. The van der Waals surface area contributed by atoms with Gasteiger partial charge in [-0.3, -0.25) is 4.90 Å². The van der Waals surface area contributed by atoms with Crippen molar-refractivity contribution in [2.75, 3.05) is 26.0 Å². The first kappa shape index (κ1) is 15.7. The fourth-order valence-electron chi connectivity index (χ4n) is 2.89. The van der Waals surface area contributed by atoms with Gasteiger partial charge in [0.15, 0.2) is 0 Å². The molecule has 0 saturated carbocycles. The molecule has 1 heterocycles. The summed E-state index contributed by atoms with van der Waals surface area (Å²) in [6.45, 7) is 6.64. The van der Waals surface area contributed by atoms with Crippen molar-refractivity contribution in [3.63, 3.8) is 0 Å². The van der Waals surface area contributed by atoms with Crippen molar-refractivity contribution in [2.24, 2.45) is 5.73 Å². The van der Waals surface area contributed by atoms with E-state index in [1.807, 2.05) is 12.1 Å². The van der Waals surface area contributed by atoms with Crippen LogP contribution in [-0.2, 0) is 0 Å². The zero-order valence-corrected chi connectivity index (χ0v) is 13.5. The molecule has 1 aliphatic heterocycles. The third-order valence-electron chi connectivity index (χ3n) is 3.97. The van der Waals surface area contributed by atoms with Gasteiger partial charge < -0.3 is 10.5 Å². The van der Waals surface area contributed by atoms with Crippen LogP contribution in [0.5, 0.6) is 5.75 Å². The van der Waals surface area contributed by atoms with Gasteiger partial charge in [-0.15, -0.1) is 0 Å². The van der Waals surface area contributed by atoms with Gasteiger partial charge in [0.1, 0.15) is 5.75 Å². The molecule has 0 radical (unpaired) electrons. The lowest BCUT2D eigenvalue weighted by molar-refractivity contribution is 0.181. The van der Waals surface area contributed by atoms with E-state index in [0.717, 1.165) is 24.1 Å². The highest BCUT2D eigenvalue weighted by Crippen LogP contribution is 2.31. The average Bonchev–Trinajstić information content (AvgIpc) is 2.48. The van der Waals surface area contributed by atoms with Crippen molar-refractivity contribution < 1.29 is 4.74 Å². The Morgan fingerprint density at radius 3 is 2.65 bits per heavy atom. The predicted molar refractivity (Wildman–Crippen MR) is 87.5 cm³/mol. The number of nitrogens with zero attached hydrogens (tertiary/aromatic N) is 1. The molecule has 1 saturated heterocycles. The highest BCUT2D eigenvalue weighted by atomic mass is 32.2. The maximum atomic E-state index is 6.28. The van der Waals surface area contributed by atoms with Crippen LogP contribution in [-0.4, -0.2) is 42.1 Å². The lowest BCUT2D eigenvalue weighted by atomic mass is 9.98. The van der Waals surface area contributed by atoms with Crippen LogP contribution < -0.4 is 10.5 Å². The molecule has 3 unspecified atom stereocenters. The summed E-state index contributed by atoms with van der Waals surface area (Å²) in [5.41, 5.74) is 7.57. The van der Waals surface area contributed by atoms with E-state index in [9.17, 15) is 0 Å². The van der Waals surface area contributed by atoms with Crippen LogP contribution >= 0.6 is 11.8 Å². The molecular formula is C16H26N2OS. The number of hydrogen-bond acceptors (Lipinski definition) is 4. The molecule has 2 rings (SSSR count). The maximum absolute atomic E-state index is 6.28. The molecule has 1 fully saturated rings. The fourth-order valence-corrected chi connectivity index (χ4v) is 4.10. The van der Waals surface area contributed by atoms with E-state index in [0.29, 0.717) is 6.04 Å². The van der Waals surface area contributed by atoms with Crippen LogP contribution in [0.1, 0.15) is 31.9 Å². The number of benzene rings is 1. The molecule has 1 aromatic rings. The second-order valence-corrected chi connectivity index (χ2v) is 6.88. The molecular weight excluding hydrogens is 268 g/mol. The van der Waals surface area contributed by atoms with E-state index >= 15 is 0 Å². The minimum atomic E-state index is 0.129. The molecule has 1 aromatic carbocycles. The zero-order valence-electron chi connectivity index (χ0n) is 12.7. The van der Waals surface area contributed by atoms with E-state index in [-0.39, 0.29) is 6.04 Å². The number of rotatable bonds is 5. The molecule has 0 amide bonds.